The predicted molar refractivity (Wildman–Crippen MR) is 75.2 cm³/mol. The van der Waals surface area contributed by atoms with Gasteiger partial charge < -0.3 is 10.4 Å². The number of hydrogen-bond donors (Lipinski definition) is 2. The van der Waals surface area contributed by atoms with Crippen molar-refractivity contribution in [2.45, 2.75) is 46.8 Å². The smallest absolute Gasteiger partial charge is 0.241 e. The summed E-state index contributed by atoms with van der Waals surface area (Å²) >= 11 is 6.01. The van der Waals surface area contributed by atoms with Crippen molar-refractivity contribution in [3.8, 4) is 0 Å². The number of amides is 1. The van der Waals surface area contributed by atoms with Crippen LogP contribution in [0.15, 0.2) is 0 Å². The monoisotopic (exact) mass is 287 g/mol. The molecule has 5 nitrogen and oxygen atoms in total. The van der Waals surface area contributed by atoms with E-state index in [0.717, 1.165) is 11.4 Å². The molecule has 0 saturated heterocycles. The number of nitrogens with zero attached hydrogens (tertiary/aromatic N) is 2. The van der Waals surface area contributed by atoms with Crippen LogP contribution >= 0.6 is 11.6 Å². The highest BCUT2D eigenvalue weighted by atomic mass is 35.5. The van der Waals surface area contributed by atoms with Crippen LogP contribution in [0.2, 0.25) is 5.02 Å². The van der Waals surface area contributed by atoms with Crippen LogP contribution in [0.25, 0.3) is 0 Å². The van der Waals surface area contributed by atoms with Crippen LogP contribution in [0.1, 0.15) is 31.7 Å². The molecular formula is C13H22ClN3O2. The molecule has 0 aliphatic rings. The summed E-state index contributed by atoms with van der Waals surface area (Å²) in [5.41, 5.74) is 1.51. The molecule has 1 aromatic heterocycles. The minimum atomic E-state index is -0.386. The Morgan fingerprint density at radius 3 is 2.58 bits per heavy atom. The summed E-state index contributed by atoms with van der Waals surface area (Å²) in [6, 6.07) is 0. The summed E-state index contributed by atoms with van der Waals surface area (Å²) in [7, 11) is 0. The van der Waals surface area contributed by atoms with Gasteiger partial charge in [-0.3, -0.25) is 9.48 Å². The molecule has 1 aromatic rings. The summed E-state index contributed by atoms with van der Waals surface area (Å²) in [5.74, 6) is 0.0740. The van der Waals surface area contributed by atoms with Crippen molar-refractivity contribution in [2.24, 2.45) is 5.92 Å². The number of carbonyl (C=O) groups excluding carboxylic acids is 1. The molecule has 0 aliphatic carbocycles. The van der Waals surface area contributed by atoms with Crippen molar-refractivity contribution < 1.29 is 9.90 Å². The van der Waals surface area contributed by atoms with E-state index in [4.69, 9.17) is 11.6 Å². The molecule has 6 heteroatoms. The largest absolute Gasteiger partial charge is 0.393 e. The highest BCUT2D eigenvalue weighted by Gasteiger charge is 2.13. The lowest BCUT2D eigenvalue weighted by Crippen LogP contribution is -2.31. The van der Waals surface area contributed by atoms with Crippen LogP contribution in [0.3, 0.4) is 0 Å². The first-order valence-corrected chi connectivity index (χ1v) is 6.85. The molecule has 0 fully saturated rings. The quantitative estimate of drug-likeness (QED) is 0.836. The fourth-order valence-corrected chi connectivity index (χ4v) is 1.85. The molecule has 0 radical (unpaired) electrons. The lowest BCUT2D eigenvalue weighted by atomic mass is 10.0. The molecule has 0 aromatic carbocycles. The Labute approximate surface area is 118 Å². The van der Waals surface area contributed by atoms with Gasteiger partial charge in [-0.25, -0.2) is 0 Å². The molecule has 1 amide bonds. The third kappa shape index (κ3) is 4.51. The van der Waals surface area contributed by atoms with Gasteiger partial charge in [0.2, 0.25) is 5.91 Å². The standard InChI is InChI=1S/C13H22ClN3O2/c1-8(2)11(18)5-6-15-12(19)7-17-10(4)13(14)9(3)16-17/h8,11,18H,5-7H2,1-4H3,(H,15,19). The van der Waals surface area contributed by atoms with E-state index in [1.165, 1.54) is 0 Å². The number of aliphatic hydroxyl groups excluding tert-OH is 1. The zero-order valence-electron chi connectivity index (χ0n) is 11.9. The average molecular weight is 288 g/mol. The van der Waals surface area contributed by atoms with Gasteiger partial charge in [-0.2, -0.15) is 5.10 Å². The Bertz CT molecular complexity index is 443. The maximum atomic E-state index is 11.7. The van der Waals surface area contributed by atoms with E-state index < -0.39 is 0 Å². The summed E-state index contributed by atoms with van der Waals surface area (Å²) in [4.78, 5) is 11.7. The molecule has 108 valence electrons. The fraction of sp³-hybridized carbons (Fsp3) is 0.692. The van der Waals surface area contributed by atoms with Gasteiger partial charge in [0.15, 0.2) is 0 Å². The first-order valence-electron chi connectivity index (χ1n) is 6.47. The molecule has 0 aliphatic heterocycles. The summed E-state index contributed by atoms with van der Waals surface area (Å²) < 4.78 is 1.59. The van der Waals surface area contributed by atoms with Gasteiger partial charge in [-0.15, -0.1) is 0 Å². The van der Waals surface area contributed by atoms with Gasteiger partial charge in [0, 0.05) is 6.54 Å². The van der Waals surface area contributed by atoms with Crippen molar-refractivity contribution in [3.63, 3.8) is 0 Å². The Morgan fingerprint density at radius 2 is 2.11 bits per heavy atom. The van der Waals surface area contributed by atoms with E-state index in [-0.39, 0.29) is 24.5 Å². The van der Waals surface area contributed by atoms with Crippen molar-refractivity contribution in [1.29, 1.82) is 0 Å². The molecule has 1 unspecified atom stereocenters. The number of aryl methyl sites for hydroxylation is 1. The van der Waals surface area contributed by atoms with Crippen LogP contribution in [0.5, 0.6) is 0 Å². The topological polar surface area (TPSA) is 67.2 Å². The molecule has 1 heterocycles. The van der Waals surface area contributed by atoms with Crippen LogP contribution in [0, 0.1) is 19.8 Å². The van der Waals surface area contributed by atoms with Crippen LogP contribution in [-0.4, -0.2) is 33.4 Å². The molecule has 0 bridgehead atoms. The van der Waals surface area contributed by atoms with E-state index in [0.29, 0.717) is 18.0 Å². The van der Waals surface area contributed by atoms with Gasteiger partial charge >= 0.3 is 0 Å². The second-order valence-electron chi connectivity index (χ2n) is 5.09. The van der Waals surface area contributed by atoms with Gasteiger partial charge in [-0.1, -0.05) is 25.4 Å². The summed E-state index contributed by atoms with van der Waals surface area (Å²) in [6.07, 6.45) is 0.171. The molecule has 0 spiro atoms. The minimum Gasteiger partial charge on any atom is -0.393 e. The number of aromatic nitrogens is 2. The predicted octanol–water partition coefficient (Wildman–Crippen LogP) is 1.68. The Morgan fingerprint density at radius 1 is 1.47 bits per heavy atom. The van der Waals surface area contributed by atoms with E-state index >= 15 is 0 Å². The SMILES string of the molecule is Cc1nn(CC(=O)NCCC(O)C(C)C)c(C)c1Cl. The van der Waals surface area contributed by atoms with Gasteiger partial charge in [-0.05, 0) is 26.2 Å². The molecular weight excluding hydrogens is 266 g/mol. The average Bonchev–Trinajstić information content (AvgIpc) is 2.56. The normalized spacial score (nSPS) is 12.8. The number of nitrogens with one attached hydrogen (secondary N) is 1. The highest BCUT2D eigenvalue weighted by Crippen LogP contribution is 2.18. The number of aliphatic hydroxyl groups is 1. The first-order chi connectivity index (χ1) is 8.82. The van der Waals surface area contributed by atoms with Gasteiger partial charge in [0.25, 0.3) is 0 Å². The molecule has 19 heavy (non-hydrogen) atoms. The number of halogens is 1. The van der Waals surface area contributed by atoms with Crippen molar-refractivity contribution >= 4 is 17.5 Å². The third-order valence-electron chi connectivity index (χ3n) is 3.12. The fourth-order valence-electron chi connectivity index (χ4n) is 1.71. The van der Waals surface area contributed by atoms with Crippen LogP contribution < -0.4 is 5.32 Å². The van der Waals surface area contributed by atoms with Crippen molar-refractivity contribution in [3.05, 3.63) is 16.4 Å². The van der Waals surface area contributed by atoms with Crippen LogP contribution in [-0.2, 0) is 11.3 Å². The lowest BCUT2D eigenvalue weighted by Gasteiger charge is -2.14. The number of rotatable bonds is 6. The lowest BCUT2D eigenvalue weighted by molar-refractivity contribution is -0.122. The summed E-state index contributed by atoms with van der Waals surface area (Å²) in [6.45, 7) is 8.15. The highest BCUT2D eigenvalue weighted by molar-refractivity contribution is 6.31. The summed E-state index contributed by atoms with van der Waals surface area (Å²) in [5, 5.41) is 17.2. The van der Waals surface area contributed by atoms with Crippen molar-refractivity contribution in [1.82, 2.24) is 15.1 Å². The third-order valence-corrected chi connectivity index (χ3v) is 3.67. The number of carbonyl (C=O) groups is 1. The molecule has 2 N–H and O–H groups in total. The molecule has 0 saturated carbocycles. The minimum absolute atomic E-state index is 0.127. The number of hydrogen-bond acceptors (Lipinski definition) is 3. The van der Waals surface area contributed by atoms with E-state index in [1.807, 2.05) is 27.7 Å². The Balaban J connectivity index is 2.41. The second kappa shape index (κ2) is 6.91. The Kier molecular flexibility index (Phi) is 5.82. The van der Waals surface area contributed by atoms with E-state index in [1.54, 1.807) is 4.68 Å². The van der Waals surface area contributed by atoms with Gasteiger partial charge in [0.05, 0.1) is 22.5 Å². The second-order valence-corrected chi connectivity index (χ2v) is 5.47. The van der Waals surface area contributed by atoms with Crippen LogP contribution in [0.4, 0.5) is 0 Å². The Hall–Kier alpha value is -1.07. The molecule has 1 rings (SSSR count). The maximum Gasteiger partial charge on any atom is 0.241 e. The zero-order valence-corrected chi connectivity index (χ0v) is 12.7. The van der Waals surface area contributed by atoms with E-state index in [2.05, 4.69) is 10.4 Å². The van der Waals surface area contributed by atoms with Gasteiger partial charge in [0.1, 0.15) is 6.54 Å². The zero-order chi connectivity index (χ0) is 14.6. The molecule has 1 atom stereocenters. The first kappa shape index (κ1) is 16.0. The van der Waals surface area contributed by atoms with Crippen molar-refractivity contribution in [2.75, 3.05) is 6.54 Å². The maximum absolute atomic E-state index is 11.7. The van der Waals surface area contributed by atoms with E-state index in [9.17, 15) is 9.90 Å².